The molecule has 0 aliphatic rings. The highest BCUT2D eigenvalue weighted by Gasteiger charge is 2.22. The lowest BCUT2D eigenvalue weighted by molar-refractivity contribution is -0.386. The fourth-order valence-corrected chi connectivity index (χ4v) is 2.41. The van der Waals surface area contributed by atoms with Crippen LogP contribution in [0.1, 0.15) is 31.7 Å². The first kappa shape index (κ1) is 21.2. The summed E-state index contributed by atoms with van der Waals surface area (Å²) in [5, 5.41) is 21.1. The molecule has 10 nitrogen and oxygen atoms in total. The molecule has 0 saturated heterocycles. The van der Waals surface area contributed by atoms with E-state index < -0.39 is 10.5 Å². The molecule has 0 bridgehead atoms. The van der Waals surface area contributed by atoms with Crippen molar-refractivity contribution in [3.63, 3.8) is 0 Å². The van der Waals surface area contributed by atoms with Crippen molar-refractivity contribution in [2.75, 3.05) is 19.1 Å². The van der Waals surface area contributed by atoms with Crippen LogP contribution in [-0.4, -0.2) is 35.1 Å². The quantitative estimate of drug-likeness (QED) is 0.266. The lowest BCUT2D eigenvalue weighted by Crippen LogP contribution is -2.10. The molecule has 11 heteroatoms. The highest BCUT2D eigenvalue weighted by molar-refractivity contribution is 6.32. The maximum absolute atomic E-state index is 11.5. The Bertz CT molecular complexity index is 915. The Hall–Kier alpha value is -3.14. The van der Waals surface area contributed by atoms with Crippen LogP contribution in [0.2, 0.25) is 5.02 Å². The van der Waals surface area contributed by atoms with Crippen LogP contribution in [-0.2, 0) is 0 Å². The molecule has 1 heterocycles. The summed E-state index contributed by atoms with van der Waals surface area (Å²) in [6.07, 6.45) is 5.38. The molecule has 0 unspecified atom stereocenters. The molecule has 0 atom stereocenters. The Morgan fingerprint density at radius 1 is 1.43 bits per heavy atom. The zero-order chi connectivity index (χ0) is 20.5. The number of ether oxygens (including phenoxy) is 2. The highest BCUT2D eigenvalue weighted by atomic mass is 35.5. The van der Waals surface area contributed by atoms with Gasteiger partial charge in [0.05, 0.1) is 31.1 Å². The van der Waals surface area contributed by atoms with Crippen molar-refractivity contribution in [3.05, 3.63) is 49.4 Å². The zero-order valence-electron chi connectivity index (χ0n) is 15.4. The summed E-state index contributed by atoms with van der Waals surface area (Å²) in [7, 11) is 1.40. The number of nitrogens with zero attached hydrogens (tertiary/aromatic N) is 3. The van der Waals surface area contributed by atoms with Gasteiger partial charge in [0.25, 0.3) is 5.56 Å². The number of unbranched alkanes of at least 4 members (excludes halogenated alkanes) is 2. The van der Waals surface area contributed by atoms with E-state index in [0.717, 1.165) is 19.3 Å². The van der Waals surface area contributed by atoms with Crippen LogP contribution in [0.25, 0.3) is 0 Å². The third-order valence-electron chi connectivity index (χ3n) is 3.66. The van der Waals surface area contributed by atoms with E-state index in [1.54, 1.807) is 6.07 Å². The molecule has 1 aromatic heterocycles. The molecule has 0 saturated carbocycles. The Kier molecular flexibility index (Phi) is 7.76. The third kappa shape index (κ3) is 5.43. The monoisotopic (exact) mass is 409 g/mol. The van der Waals surface area contributed by atoms with Crippen LogP contribution in [0.15, 0.2) is 28.2 Å². The van der Waals surface area contributed by atoms with E-state index in [4.69, 9.17) is 21.1 Å². The number of rotatable bonds is 10. The lowest BCUT2D eigenvalue weighted by atomic mass is 10.2. The Labute approximate surface area is 165 Å². The van der Waals surface area contributed by atoms with Gasteiger partial charge in [0.2, 0.25) is 5.75 Å². The minimum Gasteiger partial charge on any atom is -0.493 e. The van der Waals surface area contributed by atoms with Gasteiger partial charge in [-0.1, -0.05) is 31.4 Å². The second-order valence-corrected chi connectivity index (χ2v) is 6.06. The number of hydrazone groups is 1. The Morgan fingerprint density at radius 3 is 2.89 bits per heavy atom. The van der Waals surface area contributed by atoms with Crippen molar-refractivity contribution >= 4 is 29.2 Å². The molecule has 0 aliphatic heterocycles. The van der Waals surface area contributed by atoms with E-state index in [-0.39, 0.29) is 27.9 Å². The number of hydrogen-bond acceptors (Lipinski definition) is 8. The molecule has 2 N–H and O–H groups in total. The summed E-state index contributed by atoms with van der Waals surface area (Å²) in [6.45, 7) is 2.41. The highest BCUT2D eigenvalue weighted by Crippen LogP contribution is 2.38. The molecule has 0 radical (unpaired) electrons. The number of anilines is 1. The largest absolute Gasteiger partial charge is 0.493 e. The minimum absolute atomic E-state index is 0.0792. The zero-order valence-corrected chi connectivity index (χ0v) is 16.2. The first-order valence-corrected chi connectivity index (χ1v) is 8.87. The van der Waals surface area contributed by atoms with E-state index in [0.29, 0.717) is 12.2 Å². The van der Waals surface area contributed by atoms with Gasteiger partial charge in [0, 0.05) is 11.6 Å². The standard InChI is InChI=1S/C17H20ClN5O5/c1-3-4-5-6-28-16-13(23(25)26)7-11(8-14(16)27-2)9-19-21-12-10-20-22-17(24)15(12)18/h7-10H,3-6H2,1-2H3,(H2,21,22,24)/b19-9-. The number of aromatic amines is 1. The van der Waals surface area contributed by atoms with Gasteiger partial charge in [0.15, 0.2) is 5.75 Å². The lowest BCUT2D eigenvalue weighted by Gasteiger charge is -2.11. The smallest absolute Gasteiger partial charge is 0.315 e. The SMILES string of the molecule is CCCCCOc1c(OC)cc(/C=N\Nc2cn[nH]c(=O)c2Cl)cc1[N+](=O)[O-]. The molecule has 0 aliphatic carbocycles. The Morgan fingerprint density at radius 2 is 2.21 bits per heavy atom. The topological polar surface area (TPSA) is 132 Å². The second kappa shape index (κ2) is 10.3. The molecule has 0 amide bonds. The summed E-state index contributed by atoms with van der Waals surface area (Å²) < 4.78 is 10.8. The van der Waals surface area contributed by atoms with Gasteiger partial charge in [-0.15, -0.1) is 0 Å². The fourth-order valence-electron chi connectivity index (χ4n) is 2.28. The number of nitro groups is 1. The van der Waals surface area contributed by atoms with Gasteiger partial charge in [-0.05, 0) is 12.5 Å². The van der Waals surface area contributed by atoms with E-state index in [1.807, 2.05) is 0 Å². The van der Waals surface area contributed by atoms with E-state index in [2.05, 4.69) is 27.6 Å². The van der Waals surface area contributed by atoms with Crippen LogP contribution in [0.4, 0.5) is 11.4 Å². The molecular formula is C17H20ClN5O5. The number of methoxy groups -OCH3 is 1. The number of nitro benzene ring substituents is 1. The number of aromatic nitrogens is 2. The van der Waals surface area contributed by atoms with Crippen LogP contribution < -0.4 is 20.5 Å². The van der Waals surface area contributed by atoms with Gasteiger partial charge >= 0.3 is 5.69 Å². The van der Waals surface area contributed by atoms with Crippen LogP contribution in [0, 0.1) is 10.1 Å². The maximum Gasteiger partial charge on any atom is 0.315 e. The van der Waals surface area contributed by atoms with Crippen molar-refractivity contribution < 1.29 is 14.4 Å². The molecule has 150 valence electrons. The van der Waals surface area contributed by atoms with Crippen LogP contribution >= 0.6 is 11.6 Å². The summed E-state index contributed by atoms with van der Waals surface area (Å²) >= 11 is 5.84. The van der Waals surface area contributed by atoms with Gasteiger partial charge in [-0.2, -0.15) is 10.2 Å². The number of nitrogens with one attached hydrogen (secondary N) is 2. The summed E-state index contributed by atoms with van der Waals surface area (Å²) in [6, 6.07) is 2.88. The van der Waals surface area contributed by atoms with Gasteiger partial charge < -0.3 is 9.47 Å². The van der Waals surface area contributed by atoms with E-state index in [9.17, 15) is 14.9 Å². The average molecular weight is 410 g/mol. The number of H-pyrrole nitrogens is 1. The van der Waals surface area contributed by atoms with Crippen LogP contribution in [0.5, 0.6) is 11.5 Å². The molecule has 0 spiro atoms. The summed E-state index contributed by atoms with van der Waals surface area (Å²) in [5.41, 5.74) is 2.36. The Balaban J connectivity index is 2.24. The van der Waals surface area contributed by atoms with Crippen molar-refractivity contribution in [2.45, 2.75) is 26.2 Å². The van der Waals surface area contributed by atoms with Gasteiger partial charge in [-0.25, -0.2) is 5.10 Å². The first-order chi connectivity index (χ1) is 13.5. The number of halogens is 1. The number of hydrogen-bond donors (Lipinski definition) is 2. The first-order valence-electron chi connectivity index (χ1n) is 8.49. The van der Waals surface area contributed by atoms with Gasteiger partial charge in [0.1, 0.15) is 10.7 Å². The maximum atomic E-state index is 11.5. The van der Waals surface area contributed by atoms with Crippen molar-refractivity contribution in [3.8, 4) is 11.5 Å². The summed E-state index contributed by atoms with van der Waals surface area (Å²) in [5.74, 6) is 0.304. The van der Waals surface area contributed by atoms with Crippen molar-refractivity contribution in [1.29, 1.82) is 0 Å². The predicted octanol–water partition coefficient (Wildman–Crippen LogP) is 3.36. The minimum atomic E-state index is -0.566. The molecular weight excluding hydrogens is 390 g/mol. The third-order valence-corrected chi connectivity index (χ3v) is 4.04. The second-order valence-electron chi connectivity index (χ2n) is 5.68. The fraction of sp³-hybridized carbons (Fsp3) is 0.353. The molecule has 2 aromatic rings. The van der Waals surface area contributed by atoms with E-state index >= 15 is 0 Å². The summed E-state index contributed by atoms with van der Waals surface area (Å²) in [4.78, 5) is 22.3. The van der Waals surface area contributed by atoms with Crippen molar-refractivity contribution in [2.24, 2.45) is 5.10 Å². The van der Waals surface area contributed by atoms with Crippen molar-refractivity contribution in [1.82, 2.24) is 10.2 Å². The van der Waals surface area contributed by atoms with E-state index in [1.165, 1.54) is 25.6 Å². The molecule has 0 fully saturated rings. The normalized spacial score (nSPS) is 10.8. The number of benzene rings is 1. The molecule has 1 aromatic carbocycles. The van der Waals surface area contributed by atoms with Crippen LogP contribution in [0.3, 0.4) is 0 Å². The average Bonchev–Trinajstić information content (AvgIpc) is 2.68. The molecule has 2 rings (SSSR count). The van der Waals surface area contributed by atoms with Gasteiger partial charge in [-0.3, -0.25) is 20.3 Å². The predicted molar refractivity (Wildman–Crippen MR) is 106 cm³/mol. The molecule has 28 heavy (non-hydrogen) atoms.